The van der Waals surface area contributed by atoms with E-state index in [1.54, 1.807) is 12.1 Å². The number of carboxylic acids is 1. The van der Waals surface area contributed by atoms with Gasteiger partial charge >= 0.3 is 5.97 Å². The lowest BCUT2D eigenvalue weighted by atomic mass is 10.3. The minimum Gasteiger partial charge on any atom is -0.476 e. The summed E-state index contributed by atoms with van der Waals surface area (Å²) in [5.74, 6) is -0.335. The third kappa shape index (κ3) is 3.50. The first-order valence-electron chi connectivity index (χ1n) is 5.47. The fourth-order valence-corrected chi connectivity index (χ4v) is 2.16. The number of nitrogens with one attached hydrogen (secondary N) is 1. The Morgan fingerprint density at radius 2 is 2.37 bits per heavy atom. The summed E-state index contributed by atoms with van der Waals surface area (Å²) in [6.45, 7) is 0.603. The largest absolute Gasteiger partial charge is 0.476 e. The van der Waals surface area contributed by atoms with Crippen molar-refractivity contribution in [1.29, 1.82) is 5.26 Å². The van der Waals surface area contributed by atoms with Gasteiger partial charge in [0, 0.05) is 24.5 Å². The average molecular weight is 274 g/mol. The van der Waals surface area contributed by atoms with Gasteiger partial charge in [-0.15, -0.1) is 11.3 Å². The van der Waals surface area contributed by atoms with Crippen LogP contribution >= 0.6 is 11.3 Å². The molecule has 2 N–H and O–H groups in total. The van der Waals surface area contributed by atoms with E-state index >= 15 is 0 Å². The SMILES string of the molecule is N#Cc1ccc(NCCc2nc(C(=O)O)cs2)nc1. The molecule has 0 spiro atoms. The van der Waals surface area contributed by atoms with Crippen LogP contribution in [0.1, 0.15) is 21.1 Å². The van der Waals surface area contributed by atoms with Crippen molar-refractivity contribution in [2.75, 3.05) is 11.9 Å². The first-order chi connectivity index (χ1) is 9.19. The molecule has 0 aliphatic heterocycles. The number of nitrogens with zero attached hydrogens (tertiary/aromatic N) is 3. The zero-order valence-corrected chi connectivity index (χ0v) is 10.6. The molecule has 0 amide bonds. The molecule has 0 fully saturated rings. The van der Waals surface area contributed by atoms with Crippen LogP contribution < -0.4 is 5.32 Å². The number of aromatic carboxylic acids is 1. The molecule has 0 radical (unpaired) electrons. The van der Waals surface area contributed by atoms with E-state index in [9.17, 15) is 4.79 Å². The van der Waals surface area contributed by atoms with Crippen LogP contribution in [-0.2, 0) is 6.42 Å². The maximum absolute atomic E-state index is 10.7. The Bertz CT molecular complexity index is 615. The van der Waals surface area contributed by atoms with Gasteiger partial charge in [0.2, 0.25) is 0 Å². The highest BCUT2D eigenvalue weighted by molar-refractivity contribution is 7.09. The minimum atomic E-state index is -1.01. The number of pyridine rings is 1. The minimum absolute atomic E-state index is 0.0801. The molecule has 2 aromatic rings. The van der Waals surface area contributed by atoms with E-state index in [2.05, 4.69) is 15.3 Å². The van der Waals surface area contributed by atoms with E-state index in [0.717, 1.165) is 5.01 Å². The summed E-state index contributed by atoms with van der Waals surface area (Å²) >= 11 is 1.32. The summed E-state index contributed by atoms with van der Waals surface area (Å²) in [4.78, 5) is 18.7. The highest BCUT2D eigenvalue weighted by Gasteiger charge is 2.08. The highest BCUT2D eigenvalue weighted by Crippen LogP contribution is 2.11. The quantitative estimate of drug-likeness (QED) is 0.862. The van der Waals surface area contributed by atoms with Gasteiger partial charge in [0.15, 0.2) is 5.69 Å². The maximum atomic E-state index is 10.7. The van der Waals surface area contributed by atoms with Crippen molar-refractivity contribution < 1.29 is 9.90 Å². The van der Waals surface area contributed by atoms with Crippen molar-refractivity contribution in [1.82, 2.24) is 9.97 Å². The predicted octanol–water partition coefficient (Wildman–Crippen LogP) is 1.76. The molecule has 2 rings (SSSR count). The number of aromatic nitrogens is 2. The third-order valence-corrected chi connectivity index (χ3v) is 3.22. The van der Waals surface area contributed by atoms with Gasteiger partial charge in [-0.3, -0.25) is 0 Å². The van der Waals surface area contributed by atoms with Gasteiger partial charge < -0.3 is 10.4 Å². The Balaban J connectivity index is 1.85. The predicted molar refractivity (Wildman–Crippen MR) is 70.2 cm³/mol. The zero-order chi connectivity index (χ0) is 13.7. The molecule has 2 heterocycles. The van der Waals surface area contributed by atoms with E-state index in [0.29, 0.717) is 24.3 Å². The maximum Gasteiger partial charge on any atom is 0.355 e. The Hall–Kier alpha value is -2.46. The fraction of sp³-hybridized carbons (Fsp3) is 0.167. The van der Waals surface area contributed by atoms with Crippen molar-refractivity contribution in [3.8, 4) is 6.07 Å². The Morgan fingerprint density at radius 1 is 1.53 bits per heavy atom. The lowest BCUT2D eigenvalue weighted by molar-refractivity contribution is 0.0691. The molecule has 0 aliphatic carbocycles. The van der Waals surface area contributed by atoms with Gasteiger partial charge in [0.25, 0.3) is 0 Å². The first kappa shape index (κ1) is 13.0. The molecule has 0 atom stereocenters. The number of hydrogen-bond donors (Lipinski definition) is 2. The molecule has 2 aromatic heterocycles. The Morgan fingerprint density at radius 3 is 2.95 bits per heavy atom. The van der Waals surface area contributed by atoms with Gasteiger partial charge in [-0.1, -0.05) is 0 Å². The number of thiazole rings is 1. The average Bonchev–Trinajstić information content (AvgIpc) is 2.89. The van der Waals surface area contributed by atoms with Crippen molar-refractivity contribution in [2.24, 2.45) is 0 Å². The van der Waals surface area contributed by atoms with Crippen LogP contribution in [0.5, 0.6) is 0 Å². The topological polar surface area (TPSA) is 98.9 Å². The summed E-state index contributed by atoms with van der Waals surface area (Å²) in [7, 11) is 0. The lowest BCUT2D eigenvalue weighted by Gasteiger charge is -2.03. The number of carbonyl (C=O) groups is 1. The monoisotopic (exact) mass is 274 g/mol. The highest BCUT2D eigenvalue weighted by atomic mass is 32.1. The molecule has 0 bridgehead atoms. The Kier molecular flexibility index (Phi) is 4.05. The van der Waals surface area contributed by atoms with Crippen LogP contribution in [-0.4, -0.2) is 27.6 Å². The summed E-state index contributed by atoms with van der Waals surface area (Å²) < 4.78 is 0. The van der Waals surface area contributed by atoms with E-state index in [4.69, 9.17) is 10.4 Å². The molecular formula is C12H10N4O2S. The second kappa shape index (κ2) is 5.93. The molecule has 0 unspecified atom stereocenters. The lowest BCUT2D eigenvalue weighted by Crippen LogP contribution is -2.06. The standard InChI is InChI=1S/C12H10N4O2S/c13-5-8-1-2-10(15-6-8)14-4-3-11-16-9(7-19-11)12(17)18/h1-2,6-7H,3-4H2,(H,14,15)(H,17,18). The molecule has 19 heavy (non-hydrogen) atoms. The molecule has 96 valence electrons. The molecule has 0 aromatic carbocycles. The van der Waals surface area contributed by atoms with E-state index in [1.165, 1.54) is 22.9 Å². The Labute approximate surface area is 113 Å². The number of rotatable bonds is 5. The number of carboxylic acid groups (broad SMARTS) is 1. The van der Waals surface area contributed by atoms with E-state index < -0.39 is 5.97 Å². The van der Waals surface area contributed by atoms with Crippen LogP contribution in [0.3, 0.4) is 0 Å². The first-order valence-corrected chi connectivity index (χ1v) is 6.34. The van der Waals surface area contributed by atoms with E-state index in [-0.39, 0.29) is 5.69 Å². The third-order valence-electron chi connectivity index (χ3n) is 2.31. The fourth-order valence-electron chi connectivity index (χ4n) is 1.39. The number of hydrogen-bond acceptors (Lipinski definition) is 6. The zero-order valence-electron chi connectivity index (χ0n) is 9.83. The molecule has 6 nitrogen and oxygen atoms in total. The van der Waals surface area contributed by atoms with Crippen LogP contribution in [0, 0.1) is 11.3 Å². The normalized spacial score (nSPS) is 9.84. The summed E-state index contributed by atoms with van der Waals surface area (Å²) in [5.41, 5.74) is 0.591. The van der Waals surface area contributed by atoms with E-state index in [1.807, 2.05) is 6.07 Å². The molecule has 0 saturated heterocycles. The number of nitriles is 1. The van der Waals surface area contributed by atoms with Gasteiger partial charge in [-0.25, -0.2) is 14.8 Å². The van der Waals surface area contributed by atoms with Crippen molar-refractivity contribution >= 4 is 23.1 Å². The van der Waals surface area contributed by atoms with Crippen LogP contribution in [0.4, 0.5) is 5.82 Å². The van der Waals surface area contributed by atoms with Gasteiger partial charge in [0.05, 0.1) is 10.6 Å². The smallest absolute Gasteiger partial charge is 0.355 e. The van der Waals surface area contributed by atoms with Crippen molar-refractivity contribution in [3.05, 3.63) is 40.0 Å². The molecular weight excluding hydrogens is 264 g/mol. The second-order valence-electron chi connectivity index (χ2n) is 3.65. The van der Waals surface area contributed by atoms with Crippen LogP contribution in [0.25, 0.3) is 0 Å². The van der Waals surface area contributed by atoms with Gasteiger partial charge in [0.1, 0.15) is 11.9 Å². The summed E-state index contributed by atoms with van der Waals surface area (Å²) in [6, 6.07) is 5.40. The molecule has 0 aliphatic rings. The molecule has 0 saturated carbocycles. The number of anilines is 1. The van der Waals surface area contributed by atoms with Crippen LogP contribution in [0.2, 0.25) is 0 Å². The summed E-state index contributed by atoms with van der Waals surface area (Å²) in [6.07, 6.45) is 2.12. The summed E-state index contributed by atoms with van der Waals surface area (Å²) in [5, 5.41) is 22.7. The van der Waals surface area contributed by atoms with Crippen LogP contribution in [0.15, 0.2) is 23.7 Å². The van der Waals surface area contributed by atoms with Crippen molar-refractivity contribution in [3.63, 3.8) is 0 Å². The van der Waals surface area contributed by atoms with Gasteiger partial charge in [-0.05, 0) is 12.1 Å². The van der Waals surface area contributed by atoms with Crippen molar-refractivity contribution in [2.45, 2.75) is 6.42 Å². The molecule has 7 heteroatoms. The van der Waals surface area contributed by atoms with Gasteiger partial charge in [-0.2, -0.15) is 5.26 Å². The second-order valence-corrected chi connectivity index (χ2v) is 4.59.